The predicted octanol–water partition coefficient (Wildman–Crippen LogP) is 2.12. The number of aliphatic carboxylic acids is 2. The molecule has 0 bridgehead atoms. The second-order valence-electron chi connectivity index (χ2n) is 6.97. The maximum Gasteiger partial charge on any atom is 0.311 e. The van der Waals surface area contributed by atoms with Gasteiger partial charge in [0.1, 0.15) is 13.2 Å². The van der Waals surface area contributed by atoms with Gasteiger partial charge in [-0.1, -0.05) is 60.7 Å². The van der Waals surface area contributed by atoms with Crippen LogP contribution in [0.1, 0.15) is 11.1 Å². The molecule has 0 radical (unpaired) electrons. The lowest BCUT2D eigenvalue weighted by atomic mass is 9.56. The number of rotatable bonds is 8. The highest BCUT2D eigenvalue weighted by atomic mass is 16.5. The molecule has 0 saturated heterocycles. The molecule has 8 heteroatoms. The Morgan fingerprint density at radius 2 is 0.933 bits per heavy atom. The summed E-state index contributed by atoms with van der Waals surface area (Å²) in [6, 6.07) is 17.4. The van der Waals surface area contributed by atoms with Gasteiger partial charge in [-0.25, -0.2) is 0 Å². The highest BCUT2D eigenvalue weighted by molar-refractivity contribution is 5.96. The lowest BCUT2D eigenvalue weighted by molar-refractivity contribution is -0.197. The van der Waals surface area contributed by atoms with Gasteiger partial charge in [-0.3, -0.25) is 19.2 Å². The molecule has 2 N–H and O–H groups in total. The second-order valence-corrected chi connectivity index (χ2v) is 6.97. The van der Waals surface area contributed by atoms with Crippen LogP contribution in [0.2, 0.25) is 0 Å². The first-order chi connectivity index (χ1) is 14.4. The van der Waals surface area contributed by atoms with Crippen LogP contribution in [0.3, 0.4) is 0 Å². The maximum absolute atomic E-state index is 12.5. The van der Waals surface area contributed by atoms with Crippen molar-refractivity contribution in [2.45, 2.75) is 13.2 Å². The Labute approximate surface area is 172 Å². The van der Waals surface area contributed by atoms with E-state index in [2.05, 4.69) is 0 Å². The Morgan fingerprint density at radius 3 is 1.23 bits per heavy atom. The van der Waals surface area contributed by atoms with E-state index < -0.39 is 47.5 Å². The van der Waals surface area contributed by atoms with E-state index in [1.807, 2.05) is 0 Å². The highest BCUT2D eigenvalue weighted by Gasteiger charge is 2.65. The van der Waals surface area contributed by atoms with Gasteiger partial charge < -0.3 is 19.7 Å². The maximum atomic E-state index is 12.5. The first-order valence-electron chi connectivity index (χ1n) is 9.27. The van der Waals surface area contributed by atoms with Crippen molar-refractivity contribution in [1.82, 2.24) is 0 Å². The van der Waals surface area contributed by atoms with Crippen LogP contribution in [0.25, 0.3) is 0 Å². The Balaban J connectivity index is 1.70. The molecule has 1 aliphatic carbocycles. The van der Waals surface area contributed by atoms with Crippen molar-refractivity contribution in [3.8, 4) is 0 Å². The fourth-order valence-electron chi connectivity index (χ4n) is 3.60. The average molecular weight is 412 g/mol. The first-order valence-corrected chi connectivity index (χ1v) is 9.27. The Kier molecular flexibility index (Phi) is 6.46. The Morgan fingerprint density at radius 1 is 0.600 bits per heavy atom. The summed E-state index contributed by atoms with van der Waals surface area (Å²) >= 11 is 0. The van der Waals surface area contributed by atoms with E-state index in [0.717, 1.165) is 0 Å². The van der Waals surface area contributed by atoms with Gasteiger partial charge in [0.25, 0.3) is 0 Å². The third kappa shape index (κ3) is 4.48. The number of esters is 2. The van der Waals surface area contributed by atoms with E-state index in [4.69, 9.17) is 9.47 Å². The molecule has 0 atom stereocenters. The highest BCUT2D eigenvalue weighted by Crippen LogP contribution is 2.48. The van der Waals surface area contributed by atoms with Crippen molar-refractivity contribution in [3.05, 3.63) is 71.8 Å². The molecule has 0 amide bonds. The lowest BCUT2D eigenvalue weighted by Gasteiger charge is -2.43. The molecular weight excluding hydrogens is 392 g/mol. The molecule has 1 saturated carbocycles. The standard InChI is InChI=1S/C22H20O8/c23-19(24)15-17(21(27)29-11-13-7-3-1-4-8-13)16(20(25)26)18(15)22(28)30-12-14-9-5-2-6-10-14/h1-10,15-18H,11-12H2,(H,23,24)(H,25,26)/t15-,16-,17-,18-. The van der Waals surface area contributed by atoms with E-state index >= 15 is 0 Å². The number of hydrogen-bond donors (Lipinski definition) is 2. The second kappa shape index (κ2) is 9.21. The van der Waals surface area contributed by atoms with Crippen LogP contribution in [-0.2, 0) is 41.9 Å². The monoisotopic (exact) mass is 412 g/mol. The summed E-state index contributed by atoms with van der Waals surface area (Å²) in [5.41, 5.74) is 1.34. The fraction of sp³-hybridized carbons (Fsp3) is 0.273. The molecule has 0 heterocycles. The zero-order valence-corrected chi connectivity index (χ0v) is 15.8. The van der Waals surface area contributed by atoms with Gasteiger partial charge in [0.05, 0.1) is 23.7 Å². The first kappa shape index (κ1) is 21.0. The van der Waals surface area contributed by atoms with Gasteiger partial charge in [-0.05, 0) is 11.1 Å². The van der Waals surface area contributed by atoms with Crippen molar-refractivity contribution in [2.75, 3.05) is 0 Å². The quantitative estimate of drug-likeness (QED) is 0.631. The molecular formula is C22H20O8. The summed E-state index contributed by atoms with van der Waals surface area (Å²) in [4.78, 5) is 48.4. The van der Waals surface area contributed by atoms with Crippen molar-refractivity contribution >= 4 is 23.9 Å². The van der Waals surface area contributed by atoms with E-state index in [-0.39, 0.29) is 13.2 Å². The van der Waals surface area contributed by atoms with Crippen molar-refractivity contribution in [3.63, 3.8) is 0 Å². The molecule has 2 aromatic rings. The largest absolute Gasteiger partial charge is 0.481 e. The molecule has 0 aromatic heterocycles. The molecule has 0 unspecified atom stereocenters. The number of benzene rings is 2. The molecule has 30 heavy (non-hydrogen) atoms. The number of carboxylic acids is 2. The smallest absolute Gasteiger partial charge is 0.311 e. The molecule has 3 rings (SSSR count). The third-order valence-electron chi connectivity index (χ3n) is 5.11. The summed E-state index contributed by atoms with van der Waals surface area (Å²) in [5.74, 6) is -10.8. The average Bonchev–Trinajstić information content (AvgIpc) is 2.71. The minimum Gasteiger partial charge on any atom is -0.481 e. The summed E-state index contributed by atoms with van der Waals surface area (Å²) in [6.45, 7) is -0.254. The lowest BCUT2D eigenvalue weighted by Crippen LogP contribution is -2.60. The molecule has 2 aromatic carbocycles. The number of hydrogen-bond acceptors (Lipinski definition) is 6. The number of carbonyl (C=O) groups is 4. The Hall–Kier alpha value is -3.68. The van der Waals surface area contributed by atoms with Crippen LogP contribution >= 0.6 is 0 Å². The van der Waals surface area contributed by atoms with E-state index in [1.165, 1.54) is 0 Å². The minimum absolute atomic E-state index is 0.127. The topological polar surface area (TPSA) is 127 Å². The summed E-state index contributed by atoms with van der Waals surface area (Å²) < 4.78 is 10.3. The minimum atomic E-state index is -1.53. The van der Waals surface area contributed by atoms with Gasteiger partial charge in [-0.15, -0.1) is 0 Å². The Bertz CT molecular complexity index is 839. The van der Waals surface area contributed by atoms with Crippen LogP contribution < -0.4 is 0 Å². The van der Waals surface area contributed by atoms with Crippen molar-refractivity contribution in [1.29, 1.82) is 0 Å². The number of carbonyl (C=O) groups excluding carboxylic acids is 2. The number of carboxylic acid groups (broad SMARTS) is 2. The number of ether oxygens (including phenoxy) is 2. The van der Waals surface area contributed by atoms with E-state index in [9.17, 15) is 29.4 Å². The van der Waals surface area contributed by atoms with Crippen molar-refractivity contribution < 1.29 is 38.9 Å². The van der Waals surface area contributed by atoms with Crippen LogP contribution in [0, 0.1) is 23.7 Å². The van der Waals surface area contributed by atoms with E-state index in [0.29, 0.717) is 11.1 Å². The van der Waals surface area contributed by atoms with Gasteiger partial charge in [-0.2, -0.15) is 0 Å². The summed E-state index contributed by atoms with van der Waals surface area (Å²) in [5, 5.41) is 19.1. The fourth-order valence-corrected chi connectivity index (χ4v) is 3.60. The van der Waals surface area contributed by atoms with Crippen LogP contribution in [0.5, 0.6) is 0 Å². The van der Waals surface area contributed by atoms with Crippen LogP contribution in [-0.4, -0.2) is 34.1 Å². The molecule has 0 aliphatic heterocycles. The van der Waals surface area contributed by atoms with Crippen LogP contribution in [0.4, 0.5) is 0 Å². The van der Waals surface area contributed by atoms with Gasteiger partial charge >= 0.3 is 23.9 Å². The van der Waals surface area contributed by atoms with E-state index in [1.54, 1.807) is 60.7 Å². The molecule has 156 valence electrons. The SMILES string of the molecule is O=C(O)[C@H]1[C@H](C(=O)OCc2ccccc2)[C@H](C(=O)O)[C@H]1C(=O)OCc1ccccc1. The predicted molar refractivity (Wildman–Crippen MR) is 102 cm³/mol. The molecule has 8 nitrogen and oxygen atoms in total. The molecule has 1 aliphatic rings. The van der Waals surface area contributed by atoms with Crippen LogP contribution in [0.15, 0.2) is 60.7 Å². The van der Waals surface area contributed by atoms with Crippen molar-refractivity contribution in [2.24, 2.45) is 23.7 Å². The summed E-state index contributed by atoms with van der Waals surface area (Å²) in [7, 11) is 0. The van der Waals surface area contributed by atoms with Gasteiger partial charge in [0.2, 0.25) is 0 Å². The molecule has 0 spiro atoms. The molecule has 1 fully saturated rings. The van der Waals surface area contributed by atoms with Gasteiger partial charge in [0.15, 0.2) is 0 Å². The van der Waals surface area contributed by atoms with Gasteiger partial charge in [0, 0.05) is 0 Å². The third-order valence-corrected chi connectivity index (χ3v) is 5.11. The zero-order valence-electron chi connectivity index (χ0n) is 15.8. The summed E-state index contributed by atoms with van der Waals surface area (Å²) in [6.07, 6.45) is 0. The normalized spacial score (nSPS) is 22.4. The zero-order chi connectivity index (χ0) is 21.7.